The maximum absolute atomic E-state index is 4.06. The lowest BCUT2D eigenvalue weighted by Gasteiger charge is -2.34. The summed E-state index contributed by atoms with van der Waals surface area (Å²) < 4.78 is 0. The Morgan fingerprint density at radius 2 is 1.92 bits per heavy atom. The summed E-state index contributed by atoms with van der Waals surface area (Å²) in [6.45, 7) is 13.4. The molecule has 1 radical (unpaired) electrons. The van der Waals surface area contributed by atoms with Crippen molar-refractivity contribution in [3.8, 4) is 0 Å². The van der Waals surface area contributed by atoms with Crippen LogP contribution < -0.4 is 0 Å². The van der Waals surface area contributed by atoms with Crippen LogP contribution in [0.3, 0.4) is 0 Å². The Hall–Kier alpha value is 0. The molecule has 0 aromatic heterocycles. The second-order valence-corrected chi connectivity index (χ2v) is 4.30. The topological polar surface area (TPSA) is 0 Å². The third-order valence-electron chi connectivity index (χ3n) is 3.56. The van der Waals surface area contributed by atoms with E-state index in [2.05, 4.69) is 34.6 Å². The molecule has 0 nitrogen and oxygen atoms in total. The van der Waals surface area contributed by atoms with Gasteiger partial charge < -0.3 is 0 Å². The van der Waals surface area contributed by atoms with Gasteiger partial charge in [-0.3, -0.25) is 0 Å². The Balaban J connectivity index is 3.93. The lowest BCUT2D eigenvalue weighted by atomic mass is 9.72. The summed E-state index contributed by atoms with van der Waals surface area (Å²) in [6, 6.07) is 0. The van der Waals surface area contributed by atoms with Gasteiger partial charge in [0.25, 0.3) is 0 Å². The van der Waals surface area contributed by atoms with Crippen LogP contribution in [0, 0.1) is 18.3 Å². The SMILES string of the molecule is [CH2]CC(C)(CC)C(C)CCCC. The van der Waals surface area contributed by atoms with Gasteiger partial charge >= 0.3 is 0 Å². The highest BCUT2D eigenvalue weighted by Gasteiger charge is 2.26. The highest BCUT2D eigenvalue weighted by Crippen LogP contribution is 2.36. The van der Waals surface area contributed by atoms with Gasteiger partial charge in [-0.25, -0.2) is 0 Å². The van der Waals surface area contributed by atoms with Crippen molar-refractivity contribution in [1.29, 1.82) is 0 Å². The number of hydrogen-bond donors (Lipinski definition) is 0. The molecule has 0 bridgehead atoms. The summed E-state index contributed by atoms with van der Waals surface area (Å²) in [7, 11) is 0. The average Bonchev–Trinajstić information content (AvgIpc) is 2.12. The molecule has 2 atom stereocenters. The first-order valence-corrected chi connectivity index (χ1v) is 5.40. The molecule has 0 heteroatoms. The quantitative estimate of drug-likeness (QED) is 0.551. The average molecular weight is 169 g/mol. The van der Waals surface area contributed by atoms with Crippen molar-refractivity contribution in [2.45, 2.75) is 59.8 Å². The predicted molar refractivity (Wildman–Crippen MR) is 57.1 cm³/mol. The Labute approximate surface area is 78.8 Å². The van der Waals surface area contributed by atoms with Crippen molar-refractivity contribution in [3.05, 3.63) is 6.92 Å². The molecule has 12 heavy (non-hydrogen) atoms. The van der Waals surface area contributed by atoms with Crippen LogP contribution in [0.25, 0.3) is 0 Å². The normalized spacial score (nSPS) is 14.8. The van der Waals surface area contributed by atoms with E-state index in [0.717, 1.165) is 12.3 Å². The van der Waals surface area contributed by atoms with E-state index in [4.69, 9.17) is 0 Å². The lowest BCUT2D eigenvalue weighted by Crippen LogP contribution is -2.23. The molecule has 0 rings (SSSR count). The van der Waals surface area contributed by atoms with E-state index >= 15 is 0 Å². The van der Waals surface area contributed by atoms with Gasteiger partial charge in [0, 0.05) is 0 Å². The van der Waals surface area contributed by atoms with Gasteiger partial charge in [-0.2, -0.15) is 0 Å². The summed E-state index contributed by atoms with van der Waals surface area (Å²) in [4.78, 5) is 0. The largest absolute Gasteiger partial charge is 0.0654 e. The van der Waals surface area contributed by atoms with Crippen molar-refractivity contribution >= 4 is 0 Å². The fraction of sp³-hybridized carbons (Fsp3) is 0.917. The zero-order valence-corrected chi connectivity index (χ0v) is 9.32. The standard InChI is InChI=1S/C12H25/c1-6-9-10-11(4)12(5,7-2)8-3/h11H,2,6-10H2,1,3-5H3. The molecular formula is C12H25. The molecule has 73 valence electrons. The van der Waals surface area contributed by atoms with Gasteiger partial charge in [-0.1, -0.05) is 60.3 Å². The minimum Gasteiger partial charge on any atom is -0.0654 e. The highest BCUT2D eigenvalue weighted by molar-refractivity contribution is 4.79. The smallest absolute Gasteiger partial charge is 0.0303 e. The number of rotatable bonds is 6. The molecule has 0 aromatic carbocycles. The maximum atomic E-state index is 4.06. The van der Waals surface area contributed by atoms with E-state index in [1.165, 1.54) is 25.7 Å². The van der Waals surface area contributed by atoms with Crippen molar-refractivity contribution in [2.75, 3.05) is 0 Å². The zero-order chi connectivity index (χ0) is 9.61. The molecule has 0 N–H and O–H groups in total. The molecule has 0 saturated carbocycles. The van der Waals surface area contributed by atoms with Crippen LogP contribution in [-0.2, 0) is 0 Å². The molecule has 0 saturated heterocycles. The van der Waals surface area contributed by atoms with E-state index < -0.39 is 0 Å². The van der Waals surface area contributed by atoms with Gasteiger partial charge in [-0.05, 0) is 17.8 Å². The summed E-state index contributed by atoms with van der Waals surface area (Å²) in [6.07, 6.45) is 6.41. The van der Waals surface area contributed by atoms with Crippen molar-refractivity contribution in [2.24, 2.45) is 11.3 Å². The molecule has 0 fully saturated rings. The summed E-state index contributed by atoms with van der Waals surface area (Å²) in [5.74, 6) is 0.833. The van der Waals surface area contributed by atoms with E-state index in [0.29, 0.717) is 5.41 Å². The minimum absolute atomic E-state index is 0.481. The van der Waals surface area contributed by atoms with E-state index in [-0.39, 0.29) is 0 Å². The fourth-order valence-corrected chi connectivity index (χ4v) is 1.63. The van der Waals surface area contributed by atoms with Gasteiger partial charge in [0.1, 0.15) is 0 Å². The van der Waals surface area contributed by atoms with Crippen LogP contribution >= 0.6 is 0 Å². The number of unbranched alkanes of at least 4 members (excludes halogenated alkanes) is 1. The summed E-state index contributed by atoms with van der Waals surface area (Å²) in [5.41, 5.74) is 0.481. The van der Waals surface area contributed by atoms with Gasteiger partial charge in [0.2, 0.25) is 0 Å². The predicted octanol–water partition coefficient (Wildman–Crippen LogP) is 4.45. The summed E-state index contributed by atoms with van der Waals surface area (Å²) >= 11 is 0. The molecule has 0 aliphatic carbocycles. The zero-order valence-electron chi connectivity index (χ0n) is 9.32. The van der Waals surface area contributed by atoms with Gasteiger partial charge in [-0.15, -0.1) is 0 Å². The first kappa shape index (κ1) is 12.0. The Kier molecular flexibility index (Phi) is 5.61. The van der Waals surface area contributed by atoms with Crippen molar-refractivity contribution in [3.63, 3.8) is 0 Å². The molecule has 0 aliphatic rings. The molecule has 0 aromatic rings. The second kappa shape index (κ2) is 5.61. The number of hydrogen-bond acceptors (Lipinski definition) is 0. The monoisotopic (exact) mass is 169 g/mol. The van der Waals surface area contributed by atoms with Crippen molar-refractivity contribution < 1.29 is 0 Å². The summed E-state index contributed by atoms with van der Waals surface area (Å²) in [5, 5.41) is 0. The molecule has 0 heterocycles. The highest BCUT2D eigenvalue weighted by atomic mass is 14.3. The molecular weight excluding hydrogens is 144 g/mol. The molecule has 2 unspecified atom stereocenters. The first-order valence-electron chi connectivity index (χ1n) is 5.40. The third-order valence-corrected chi connectivity index (χ3v) is 3.56. The Morgan fingerprint density at radius 3 is 2.25 bits per heavy atom. The van der Waals surface area contributed by atoms with Crippen LogP contribution in [0.1, 0.15) is 59.8 Å². The van der Waals surface area contributed by atoms with Gasteiger partial charge in [0.15, 0.2) is 0 Å². The third kappa shape index (κ3) is 3.16. The van der Waals surface area contributed by atoms with Crippen LogP contribution in [0.15, 0.2) is 0 Å². The first-order chi connectivity index (χ1) is 5.60. The molecule has 0 amide bonds. The van der Waals surface area contributed by atoms with E-state index in [9.17, 15) is 0 Å². The van der Waals surface area contributed by atoms with E-state index in [1.807, 2.05) is 0 Å². The Morgan fingerprint density at radius 1 is 1.33 bits per heavy atom. The fourth-order valence-electron chi connectivity index (χ4n) is 1.63. The van der Waals surface area contributed by atoms with Crippen LogP contribution in [-0.4, -0.2) is 0 Å². The van der Waals surface area contributed by atoms with Crippen LogP contribution in [0.5, 0.6) is 0 Å². The Bertz CT molecular complexity index is 101. The lowest BCUT2D eigenvalue weighted by molar-refractivity contribution is 0.180. The minimum atomic E-state index is 0.481. The molecule has 0 spiro atoms. The van der Waals surface area contributed by atoms with Crippen molar-refractivity contribution in [1.82, 2.24) is 0 Å². The maximum Gasteiger partial charge on any atom is -0.0303 e. The molecule has 0 aliphatic heterocycles. The second-order valence-electron chi connectivity index (χ2n) is 4.30. The van der Waals surface area contributed by atoms with Crippen LogP contribution in [0.2, 0.25) is 0 Å². The van der Waals surface area contributed by atoms with Crippen LogP contribution in [0.4, 0.5) is 0 Å². The van der Waals surface area contributed by atoms with E-state index in [1.54, 1.807) is 0 Å². The van der Waals surface area contributed by atoms with Gasteiger partial charge in [0.05, 0.1) is 0 Å².